The zero-order chi connectivity index (χ0) is 21.7. The predicted octanol–water partition coefficient (Wildman–Crippen LogP) is 3.32. The Morgan fingerprint density at radius 1 is 1.13 bits per heavy atom. The van der Waals surface area contributed by atoms with Gasteiger partial charge in [0.2, 0.25) is 10.0 Å². The maximum atomic E-state index is 12.9. The molecule has 11 heteroatoms. The Hall–Kier alpha value is -1.65. The number of carbonyl (C=O) groups is 2. The Morgan fingerprint density at radius 2 is 1.80 bits per heavy atom. The van der Waals surface area contributed by atoms with Gasteiger partial charge in [0, 0.05) is 18.0 Å². The molecule has 30 heavy (non-hydrogen) atoms. The number of thiophene rings is 1. The number of hydrogen-bond acceptors (Lipinski definition) is 6. The summed E-state index contributed by atoms with van der Waals surface area (Å²) in [4.78, 5) is 25.0. The standard InChI is InChI=1S/C19H20Cl2N2O5S2/c20-15-4-1-5-16(21)18(15)30(26,27)23-8-6-13(7-9-23)19(25)28-12-17(24)22-11-14-3-2-10-29-14/h1-5,10,13H,6-9,11-12H2,(H,22,24). The van der Waals surface area contributed by atoms with Gasteiger partial charge in [0.25, 0.3) is 5.91 Å². The number of esters is 1. The summed E-state index contributed by atoms with van der Waals surface area (Å²) >= 11 is 13.6. The summed E-state index contributed by atoms with van der Waals surface area (Å²) in [5.74, 6) is -1.36. The first kappa shape index (κ1) is 23.0. The number of hydrogen-bond donors (Lipinski definition) is 1. The molecule has 0 spiro atoms. The molecule has 1 saturated heterocycles. The van der Waals surface area contributed by atoms with E-state index >= 15 is 0 Å². The van der Waals surface area contributed by atoms with E-state index in [1.807, 2.05) is 17.5 Å². The average Bonchev–Trinajstić information content (AvgIpc) is 3.24. The Morgan fingerprint density at radius 3 is 2.40 bits per heavy atom. The van der Waals surface area contributed by atoms with Gasteiger partial charge in [0.15, 0.2) is 6.61 Å². The fourth-order valence-corrected chi connectivity index (χ4v) is 6.30. The van der Waals surface area contributed by atoms with Gasteiger partial charge in [-0.15, -0.1) is 11.3 Å². The van der Waals surface area contributed by atoms with Gasteiger partial charge in [-0.2, -0.15) is 4.31 Å². The van der Waals surface area contributed by atoms with Crippen LogP contribution in [0.15, 0.2) is 40.6 Å². The Bertz CT molecular complexity index is 984. The first-order valence-corrected chi connectivity index (χ1v) is 12.3. The summed E-state index contributed by atoms with van der Waals surface area (Å²) in [5, 5.41) is 4.70. The second-order valence-electron chi connectivity index (χ2n) is 6.69. The number of carbonyl (C=O) groups excluding carboxylic acids is 2. The minimum absolute atomic E-state index is 0.0533. The summed E-state index contributed by atoms with van der Waals surface area (Å²) < 4.78 is 32.1. The number of benzene rings is 1. The highest BCUT2D eigenvalue weighted by Crippen LogP contribution is 2.33. The van der Waals surface area contributed by atoms with Crippen molar-refractivity contribution in [1.82, 2.24) is 9.62 Å². The summed E-state index contributed by atoms with van der Waals surface area (Å²) in [5.41, 5.74) is 0. The van der Waals surface area contributed by atoms with E-state index in [0.717, 1.165) is 4.88 Å². The smallest absolute Gasteiger partial charge is 0.309 e. The fraction of sp³-hybridized carbons (Fsp3) is 0.368. The molecule has 2 heterocycles. The normalized spacial score (nSPS) is 15.7. The van der Waals surface area contributed by atoms with E-state index < -0.39 is 21.9 Å². The number of piperidine rings is 1. The van der Waals surface area contributed by atoms with Crippen molar-refractivity contribution >= 4 is 56.4 Å². The maximum Gasteiger partial charge on any atom is 0.309 e. The highest BCUT2D eigenvalue weighted by atomic mass is 35.5. The molecule has 0 aliphatic carbocycles. The molecule has 3 rings (SSSR count). The largest absolute Gasteiger partial charge is 0.455 e. The molecule has 1 N–H and O–H groups in total. The van der Waals surface area contributed by atoms with Crippen molar-refractivity contribution in [3.05, 3.63) is 50.6 Å². The summed E-state index contributed by atoms with van der Waals surface area (Å²) in [6, 6.07) is 8.29. The molecule has 1 aliphatic rings. The molecule has 0 saturated carbocycles. The molecule has 0 bridgehead atoms. The number of amides is 1. The van der Waals surface area contributed by atoms with Crippen LogP contribution in [-0.4, -0.2) is 44.3 Å². The zero-order valence-corrected chi connectivity index (χ0v) is 19.0. The van der Waals surface area contributed by atoms with Crippen molar-refractivity contribution in [1.29, 1.82) is 0 Å². The van der Waals surface area contributed by atoms with Crippen LogP contribution in [0.4, 0.5) is 0 Å². The van der Waals surface area contributed by atoms with Crippen LogP contribution >= 0.6 is 34.5 Å². The molecule has 0 unspecified atom stereocenters. The van der Waals surface area contributed by atoms with E-state index in [9.17, 15) is 18.0 Å². The van der Waals surface area contributed by atoms with Crippen molar-refractivity contribution in [2.75, 3.05) is 19.7 Å². The van der Waals surface area contributed by atoms with Crippen LogP contribution < -0.4 is 5.32 Å². The highest BCUT2D eigenvalue weighted by molar-refractivity contribution is 7.89. The highest BCUT2D eigenvalue weighted by Gasteiger charge is 2.35. The van der Waals surface area contributed by atoms with Gasteiger partial charge < -0.3 is 10.1 Å². The second kappa shape index (κ2) is 10.1. The molecule has 1 amide bonds. The Balaban J connectivity index is 1.49. The summed E-state index contributed by atoms with van der Waals surface area (Å²) in [6.45, 7) is 0.287. The van der Waals surface area contributed by atoms with E-state index in [1.54, 1.807) is 6.07 Å². The monoisotopic (exact) mass is 490 g/mol. The zero-order valence-electron chi connectivity index (χ0n) is 15.8. The lowest BCUT2D eigenvalue weighted by atomic mass is 9.98. The molecule has 7 nitrogen and oxygen atoms in total. The molecular weight excluding hydrogens is 471 g/mol. The third kappa shape index (κ3) is 5.53. The van der Waals surface area contributed by atoms with Gasteiger partial charge in [-0.1, -0.05) is 35.3 Å². The summed E-state index contributed by atoms with van der Waals surface area (Å²) in [7, 11) is -3.87. The van der Waals surface area contributed by atoms with E-state index in [1.165, 1.54) is 27.8 Å². The molecule has 0 radical (unpaired) electrons. The van der Waals surface area contributed by atoms with E-state index in [0.29, 0.717) is 6.54 Å². The topological polar surface area (TPSA) is 92.8 Å². The number of nitrogens with one attached hydrogen (secondary N) is 1. The Kier molecular flexibility index (Phi) is 7.75. The molecular formula is C19H20Cl2N2O5S2. The van der Waals surface area contributed by atoms with Crippen LogP contribution in [-0.2, 0) is 30.9 Å². The van der Waals surface area contributed by atoms with Gasteiger partial charge in [-0.25, -0.2) is 8.42 Å². The van der Waals surface area contributed by atoms with Crippen LogP contribution in [0.1, 0.15) is 17.7 Å². The first-order valence-electron chi connectivity index (χ1n) is 9.19. The number of halogens is 2. The third-order valence-electron chi connectivity index (χ3n) is 4.69. The maximum absolute atomic E-state index is 12.9. The molecule has 1 fully saturated rings. The first-order chi connectivity index (χ1) is 14.3. The second-order valence-corrected chi connectivity index (χ2v) is 10.4. The SMILES string of the molecule is O=C(COC(=O)C1CCN(S(=O)(=O)c2c(Cl)cccc2Cl)CC1)NCc1cccs1. The van der Waals surface area contributed by atoms with Crippen LogP contribution in [0.5, 0.6) is 0 Å². The van der Waals surface area contributed by atoms with Crippen LogP contribution in [0.2, 0.25) is 10.0 Å². The van der Waals surface area contributed by atoms with Gasteiger partial charge in [-0.3, -0.25) is 9.59 Å². The fourth-order valence-electron chi connectivity index (χ4n) is 3.09. The Labute approximate surface area is 189 Å². The summed E-state index contributed by atoms with van der Waals surface area (Å²) in [6.07, 6.45) is 0.577. The van der Waals surface area contributed by atoms with Crippen molar-refractivity contribution in [3.63, 3.8) is 0 Å². The molecule has 0 atom stereocenters. The number of rotatable bonds is 7. The van der Waals surface area contributed by atoms with Crippen LogP contribution in [0.3, 0.4) is 0 Å². The van der Waals surface area contributed by atoms with Crippen molar-refractivity contribution in [3.8, 4) is 0 Å². The predicted molar refractivity (Wildman–Crippen MR) is 115 cm³/mol. The minimum atomic E-state index is -3.87. The van der Waals surface area contributed by atoms with Gasteiger partial charge in [0.05, 0.1) is 22.5 Å². The lowest BCUT2D eigenvalue weighted by Gasteiger charge is -2.30. The van der Waals surface area contributed by atoms with Gasteiger partial charge >= 0.3 is 5.97 Å². The van der Waals surface area contributed by atoms with E-state index in [4.69, 9.17) is 27.9 Å². The quantitative estimate of drug-likeness (QED) is 0.600. The van der Waals surface area contributed by atoms with Crippen molar-refractivity contribution < 1.29 is 22.7 Å². The van der Waals surface area contributed by atoms with Crippen molar-refractivity contribution in [2.24, 2.45) is 5.92 Å². The van der Waals surface area contributed by atoms with Gasteiger partial charge in [0.1, 0.15) is 4.90 Å². The van der Waals surface area contributed by atoms with Gasteiger partial charge in [-0.05, 0) is 36.4 Å². The molecule has 1 aromatic carbocycles. The molecule has 2 aromatic rings. The molecule has 1 aliphatic heterocycles. The number of sulfonamides is 1. The molecule has 162 valence electrons. The minimum Gasteiger partial charge on any atom is -0.455 e. The molecule has 1 aromatic heterocycles. The van der Waals surface area contributed by atoms with Crippen molar-refractivity contribution in [2.45, 2.75) is 24.3 Å². The number of ether oxygens (including phenoxy) is 1. The van der Waals surface area contributed by atoms with E-state index in [-0.39, 0.29) is 53.4 Å². The third-order valence-corrected chi connectivity index (χ3v) is 8.42. The van der Waals surface area contributed by atoms with Crippen LogP contribution in [0, 0.1) is 5.92 Å². The lowest BCUT2D eigenvalue weighted by molar-refractivity contribution is -0.153. The average molecular weight is 491 g/mol. The van der Waals surface area contributed by atoms with E-state index in [2.05, 4.69) is 5.32 Å². The van der Waals surface area contributed by atoms with Crippen LogP contribution in [0.25, 0.3) is 0 Å². The number of nitrogens with zero attached hydrogens (tertiary/aromatic N) is 1. The lowest BCUT2D eigenvalue weighted by Crippen LogP contribution is -2.41.